The van der Waals surface area contributed by atoms with Crippen molar-refractivity contribution >= 4 is 23.8 Å². The molecule has 2 amide bonds. The molecule has 4 N–H and O–H groups in total. The summed E-state index contributed by atoms with van der Waals surface area (Å²) in [5.41, 5.74) is 0. The second kappa shape index (κ2) is 35.9. The van der Waals surface area contributed by atoms with E-state index < -0.39 is 24.5 Å². The molecular weight excluding hydrogens is 632 g/mol. The Labute approximate surface area is 304 Å². The van der Waals surface area contributed by atoms with E-state index in [9.17, 15) is 19.2 Å². The van der Waals surface area contributed by atoms with E-state index in [1.165, 1.54) is 70.6 Å². The molecule has 0 spiro atoms. The van der Waals surface area contributed by atoms with Crippen molar-refractivity contribution in [2.24, 2.45) is 0 Å². The zero-order valence-electron chi connectivity index (χ0n) is 31.6. The molecule has 288 valence electrons. The lowest BCUT2D eigenvalue weighted by molar-refractivity contribution is -0.147. The van der Waals surface area contributed by atoms with Gasteiger partial charge < -0.3 is 25.6 Å². The Bertz CT molecular complexity index is 947. The molecule has 9 heteroatoms. The number of ether oxygens (including phenoxy) is 1. The molecule has 2 unspecified atom stereocenters. The number of amides is 2. The number of aliphatic carboxylic acids is 1. The molecular formula is C41H72N2O7. The van der Waals surface area contributed by atoms with Crippen molar-refractivity contribution in [2.45, 2.75) is 187 Å². The van der Waals surface area contributed by atoms with Crippen LogP contribution in [0.2, 0.25) is 0 Å². The van der Waals surface area contributed by atoms with Crippen LogP contribution in [-0.2, 0) is 23.9 Å². The molecule has 0 saturated heterocycles. The topological polar surface area (TPSA) is 142 Å². The SMILES string of the molecule is CCCC/C=C\C/C=C\CCCCCCCC(=O)OC(/C=C\CCCCCCCCC)CCCCCCC(=O)NCC(=O)NC(CO)C(=O)O. The summed E-state index contributed by atoms with van der Waals surface area (Å²) in [6, 6.07) is -1.39. The van der Waals surface area contributed by atoms with E-state index in [1.54, 1.807) is 0 Å². The normalized spacial score (nSPS) is 12.9. The molecule has 0 saturated carbocycles. The number of rotatable bonds is 35. The van der Waals surface area contributed by atoms with Crippen LogP contribution >= 0.6 is 0 Å². The van der Waals surface area contributed by atoms with E-state index >= 15 is 0 Å². The third-order valence-corrected chi connectivity index (χ3v) is 8.59. The number of unbranched alkanes of at least 4 members (excludes halogenated alkanes) is 17. The average molecular weight is 705 g/mol. The number of carboxylic acid groups (broad SMARTS) is 1. The van der Waals surface area contributed by atoms with Gasteiger partial charge in [0.15, 0.2) is 0 Å². The minimum absolute atomic E-state index is 0.125. The van der Waals surface area contributed by atoms with Gasteiger partial charge in [0.1, 0.15) is 12.1 Å². The maximum atomic E-state index is 12.7. The van der Waals surface area contributed by atoms with Gasteiger partial charge in [-0.15, -0.1) is 0 Å². The fraction of sp³-hybridized carbons (Fsp3) is 0.756. The molecule has 2 atom stereocenters. The maximum absolute atomic E-state index is 12.7. The zero-order chi connectivity index (χ0) is 36.9. The molecule has 0 aromatic rings. The van der Waals surface area contributed by atoms with Gasteiger partial charge in [0.25, 0.3) is 0 Å². The van der Waals surface area contributed by atoms with Crippen molar-refractivity contribution in [3.05, 3.63) is 36.5 Å². The largest absolute Gasteiger partial charge is 0.480 e. The fourth-order valence-electron chi connectivity index (χ4n) is 5.46. The van der Waals surface area contributed by atoms with Gasteiger partial charge in [-0.25, -0.2) is 4.79 Å². The first kappa shape index (κ1) is 47.1. The van der Waals surface area contributed by atoms with Crippen molar-refractivity contribution < 1.29 is 34.1 Å². The number of aliphatic hydroxyl groups is 1. The quantitative estimate of drug-likeness (QED) is 0.0293. The number of carbonyl (C=O) groups excluding carboxylic acids is 3. The van der Waals surface area contributed by atoms with Gasteiger partial charge in [0, 0.05) is 12.8 Å². The number of allylic oxidation sites excluding steroid dienone is 5. The molecule has 0 fully saturated rings. The first-order chi connectivity index (χ1) is 24.3. The minimum atomic E-state index is -1.39. The maximum Gasteiger partial charge on any atom is 0.328 e. The van der Waals surface area contributed by atoms with Gasteiger partial charge in [-0.3, -0.25) is 14.4 Å². The van der Waals surface area contributed by atoms with Gasteiger partial charge in [0.05, 0.1) is 13.2 Å². The lowest BCUT2D eigenvalue weighted by Gasteiger charge is -2.15. The molecule has 0 aromatic carbocycles. The van der Waals surface area contributed by atoms with Gasteiger partial charge in [-0.2, -0.15) is 0 Å². The van der Waals surface area contributed by atoms with Crippen molar-refractivity contribution in [1.29, 1.82) is 0 Å². The highest BCUT2D eigenvalue weighted by Gasteiger charge is 2.18. The smallest absolute Gasteiger partial charge is 0.328 e. The van der Waals surface area contributed by atoms with E-state index in [0.29, 0.717) is 12.8 Å². The van der Waals surface area contributed by atoms with Crippen LogP contribution < -0.4 is 10.6 Å². The summed E-state index contributed by atoms with van der Waals surface area (Å²) in [7, 11) is 0. The van der Waals surface area contributed by atoms with Crippen molar-refractivity contribution in [1.82, 2.24) is 10.6 Å². The number of esters is 1. The van der Waals surface area contributed by atoms with Crippen molar-refractivity contribution in [3.63, 3.8) is 0 Å². The molecule has 0 radical (unpaired) electrons. The van der Waals surface area contributed by atoms with Gasteiger partial charge in [0.2, 0.25) is 11.8 Å². The predicted molar refractivity (Wildman–Crippen MR) is 204 cm³/mol. The van der Waals surface area contributed by atoms with Gasteiger partial charge >= 0.3 is 11.9 Å². The molecule has 0 aliphatic carbocycles. The van der Waals surface area contributed by atoms with Crippen LogP contribution in [0.15, 0.2) is 36.5 Å². The number of nitrogens with one attached hydrogen (secondary N) is 2. The lowest BCUT2D eigenvalue weighted by Crippen LogP contribution is -2.47. The van der Waals surface area contributed by atoms with Crippen LogP contribution in [0, 0.1) is 0 Å². The highest BCUT2D eigenvalue weighted by Crippen LogP contribution is 2.15. The number of hydrogen-bond acceptors (Lipinski definition) is 6. The Kier molecular flexibility index (Phi) is 33.8. The summed E-state index contributed by atoms with van der Waals surface area (Å²) >= 11 is 0. The third-order valence-electron chi connectivity index (χ3n) is 8.59. The lowest BCUT2D eigenvalue weighted by atomic mass is 10.1. The van der Waals surface area contributed by atoms with Crippen LogP contribution in [0.3, 0.4) is 0 Å². The molecule has 0 aliphatic rings. The summed E-state index contributed by atoms with van der Waals surface area (Å²) in [5.74, 6) is -2.41. The van der Waals surface area contributed by atoms with E-state index in [-0.39, 0.29) is 30.9 Å². The number of hydrogen-bond donors (Lipinski definition) is 4. The summed E-state index contributed by atoms with van der Waals surface area (Å²) < 4.78 is 5.89. The Morgan fingerprint density at radius 2 is 1.16 bits per heavy atom. The molecule has 9 nitrogen and oxygen atoms in total. The molecule has 0 aromatic heterocycles. The zero-order valence-corrected chi connectivity index (χ0v) is 31.6. The monoisotopic (exact) mass is 705 g/mol. The molecule has 0 aliphatic heterocycles. The Morgan fingerprint density at radius 1 is 0.620 bits per heavy atom. The first-order valence-corrected chi connectivity index (χ1v) is 19.9. The van der Waals surface area contributed by atoms with E-state index in [1.807, 2.05) is 0 Å². The fourth-order valence-corrected chi connectivity index (χ4v) is 5.46. The summed E-state index contributed by atoms with van der Waals surface area (Å²) in [4.78, 5) is 47.4. The number of carboxylic acids is 1. The first-order valence-electron chi connectivity index (χ1n) is 19.9. The number of carbonyl (C=O) groups is 4. The third kappa shape index (κ3) is 32.3. The van der Waals surface area contributed by atoms with Gasteiger partial charge in [-0.1, -0.05) is 128 Å². The molecule has 0 rings (SSSR count). The Balaban J connectivity index is 4.36. The van der Waals surface area contributed by atoms with E-state index in [4.69, 9.17) is 14.9 Å². The standard InChI is InChI=1S/C41H72N2O7/c1-3-5-7-9-11-13-14-15-16-17-19-21-23-29-33-40(47)50-36(30-26-22-20-18-12-10-8-6-4-2)31-27-24-25-28-32-38(45)42-34-39(46)43-37(35-44)41(48)49/h9,11,14-15,26,30,36-37,44H,3-8,10,12-13,16-25,27-29,31-35H2,1-2H3,(H,42,45)(H,43,46)(H,48,49)/b11-9-,15-14-,30-26-. The minimum Gasteiger partial charge on any atom is -0.480 e. The average Bonchev–Trinajstić information content (AvgIpc) is 3.10. The van der Waals surface area contributed by atoms with Crippen LogP contribution in [0.1, 0.15) is 174 Å². The van der Waals surface area contributed by atoms with Crippen LogP contribution in [0.5, 0.6) is 0 Å². The Morgan fingerprint density at radius 3 is 1.78 bits per heavy atom. The van der Waals surface area contributed by atoms with Crippen LogP contribution in [-0.4, -0.2) is 59.3 Å². The van der Waals surface area contributed by atoms with Gasteiger partial charge in [-0.05, 0) is 70.3 Å². The van der Waals surface area contributed by atoms with Crippen molar-refractivity contribution in [2.75, 3.05) is 13.2 Å². The second-order valence-corrected chi connectivity index (χ2v) is 13.4. The summed E-state index contributed by atoms with van der Waals surface area (Å²) in [6.45, 7) is 3.39. The molecule has 0 bridgehead atoms. The van der Waals surface area contributed by atoms with Crippen molar-refractivity contribution in [3.8, 4) is 0 Å². The summed E-state index contributed by atoms with van der Waals surface area (Å²) in [5, 5.41) is 22.5. The molecule has 50 heavy (non-hydrogen) atoms. The van der Waals surface area contributed by atoms with Crippen LogP contribution in [0.4, 0.5) is 0 Å². The van der Waals surface area contributed by atoms with E-state index in [2.05, 4.69) is 60.9 Å². The van der Waals surface area contributed by atoms with E-state index in [0.717, 1.165) is 70.6 Å². The Hall–Kier alpha value is -2.94. The second-order valence-electron chi connectivity index (χ2n) is 13.4. The highest BCUT2D eigenvalue weighted by atomic mass is 16.5. The predicted octanol–water partition coefficient (Wildman–Crippen LogP) is 9.04. The number of aliphatic hydroxyl groups excluding tert-OH is 1. The highest BCUT2D eigenvalue weighted by molar-refractivity contribution is 5.87. The molecule has 0 heterocycles. The van der Waals surface area contributed by atoms with Crippen LogP contribution in [0.25, 0.3) is 0 Å². The summed E-state index contributed by atoms with van der Waals surface area (Å²) in [6.07, 6.45) is 38.9.